The molecular formula is C22H21N3S. The summed E-state index contributed by atoms with van der Waals surface area (Å²) >= 11 is 1.85. The van der Waals surface area contributed by atoms with Crippen LogP contribution >= 0.6 is 11.8 Å². The number of aromatic nitrogens is 1. The molecule has 3 aromatic rings. The molecule has 0 radical (unpaired) electrons. The number of nitrogens with one attached hydrogen (secondary N) is 1. The molecule has 1 aromatic heterocycles. The summed E-state index contributed by atoms with van der Waals surface area (Å²) in [5.74, 6) is 0. The molecule has 2 heterocycles. The summed E-state index contributed by atoms with van der Waals surface area (Å²) in [6.45, 7) is 1.46. The molecule has 130 valence electrons. The van der Waals surface area contributed by atoms with E-state index in [1.807, 2.05) is 11.8 Å². The van der Waals surface area contributed by atoms with Gasteiger partial charge in [-0.05, 0) is 60.4 Å². The van der Waals surface area contributed by atoms with Gasteiger partial charge in [0.25, 0.3) is 0 Å². The van der Waals surface area contributed by atoms with Gasteiger partial charge in [0.05, 0.1) is 11.4 Å². The van der Waals surface area contributed by atoms with Crippen LogP contribution in [0.15, 0.2) is 64.4 Å². The zero-order valence-corrected chi connectivity index (χ0v) is 15.4. The van der Waals surface area contributed by atoms with Gasteiger partial charge in [-0.25, -0.2) is 0 Å². The average Bonchev–Trinajstić information content (AvgIpc) is 3.12. The van der Waals surface area contributed by atoms with Gasteiger partial charge in [-0.1, -0.05) is 36.0 Å². The molecule has 4 heteroatoms. The maximum Gasteiger partial charge on any atom is 0.0553 e. The average molecular weight is 359 g/mol. The van der Waals surface area contributed by atoms with Gasteiger partial charge in [0.15, 0.2) is 0 Å². The van der Waals surface area contributed by atoms with E-state index in [0.717, 1.165) is 19.4 Å². The van der Waals surface area contributed by atoms with Crippen molar-refractivity contribution in [3.63, 3.8) is 0 Å². The molecule has 0 amide bonds. The molecule has 1 aliphatic heterocycles. The SMILES string of the molecule is NCCN1c2ccccc2Sc2cc(-c3cc4c([nH]3)C=CCC4)ccc21. The van der Waals surface area contributed by atoms with E-state index in [2.05, 4.69) is 70.6 Å². The molecule has 5 rings (SSSR count). The van der Waals surface area contributed by atoms with E-state index in [-0.39, 0.29) is 0 Å². The van der Waals surface area contributed by atoms with Crippen molar-refractivity contribution in [3.05, 3.63) is 65.9 Å². The van der Waals surface area contributed by atoms with Gasteiger partial charge in [0.1, 0.15) is 0 Å². The van der Waals surface area contributed by atoms with Crippen molar-refractivity contribution in [2.75, 3.05) is 18.0 Å². The maximum absolute atomic E-state index is 5.89. The van der Waals surface area contributed by atoms with E-state index in [9.17, 15) is 0 Å². The Morgan fingerprint density at radius 3 is 2.81 bits per heavy atom. The maximum atomic E-state index is 5.89. The van der Waals surface area contributed by atoms with Crippen molar-refractivity contribution in [3.8, 4) is 11.3 Å². The predicted octanol–water partition coefficient (Wildman–Crippen LogP) is 5.20. The minimum atomic E-state index is 0.635. The third kappa shape index (κ3) is 2.57. The fraction of sp³-hybridized carbons (Fsp3) is 0.182. The van der Waals surface area contributed by atoms with Crippen LogP contribution in [0.1, 0.15) is 17.7 Å². The van der Waals surface area contributed by atoms with E-state index in [4.69, 9.17) is 5.73 Å². The number of nitrogens with two attached hydrogens (primary N) is 1. The summed E-state index contributed by atoms with van der Waals surface area (Å²) < 4.78 is 0. The van der Waals surface area contributed by atoms with Crippen LogP contribution in [-0.4, -0.2) is 18.1 Å². The summed E-state index contributed by atoms with van der Waals surface area (Å²) in [4.78, 5) is 8.50. The first kappa shape index (κ1) is 15.8. The first-order chi connectivity index (χ1) is 12.8. The highest BCUT2D eigenvalue weighted by Gasteiger charge is 2.23. The summed E-state index contributed by atoms with van der Waals surface area (Å²) in [5, 5.41) is 0. The highest BCUT2D eigenvalue weighted by molar-refractivity contribution is 7.99. The number of benzene rings is 2. The van der Waals surface area contributed by atoms with Gasteiger partial charge < -0.3 is 15.6 Å². The monoisotopic (exact) mass is 359 g/mol. The lowest BCUT2D eigenvalue weighted by Gasteiger charge is -2.32. The number of anilines is 2. The Morgan fingerprint density at radius 1 is 1.04 bits per heavy atom. The second-order valence-corrected chi connectivity index (χ2v) is 7.84. The minimum Gasteiger partial charge on any atom is -0.355 e. The minimum absolute atomic E-state index is 0.635. The van der Waals surface area contributed by atoms with Crippen LogP contribution < -0.4 is 10.6 Å². The van der Waals surface area contributed by atoms with Gasteiger partial charge >= 0.3 is 0 Å². The van der Waals surface area contributed by atoms with Crippen molar-refractivity contribution in [2.24, 2.45) is 5.73 Å². The van der Waals surface area contributed by atoms with E-state index >= 15 is 0 Å². The molecule has 3 nitrogen and oxygen atoms in total. The molecule has 0 saturated heterocycles. The van der Waals surface area contributed by atoms with Crippen molar-refractivity contribution in [1.82, 2.24) is 4.98 Å². The molecule has 26 heavy (non-hydrogen) atoms. The summed E-state index contributed by atoms with van der Waals surface area (Å²) in [6.07, 6.45) is 6.70. The molecule has 0 fully saturated rings. The highest BCUT2D eigenvalue weighted by Crippen LogP contribution is 2.48. The topological polar surface area (TPSA) is 45.0 Å². The van der Waals surface area contributed by atoms with E-state index < -0.39 is 0 Å². The van der Waals surface area contributed by atoms with Gasteiger partial charge in [0.2, 0.25) is 0 Å². The number of allylic oxidation sites excluding steroid dienone is 1. The zero-order chi connectivity index (χ0) is 17.5. The molecule has 0 saturated carbocycles. The van der Waals surface area contributed by atoms with Crippen LogP contribution in [-0.2, 0) is 6.42 Å². The Morgan fingerprint density at radius 2 is 1.92 bits per heavy atom. The molecule has 0 unspecified atom stereocenters. The van der Waals surface area contributed by atoms with Crippen molar-refractivity contribution < 1.29 is 0 Å². The van der Waals surface area contributed by atoms with Gasteiger partial charge in [-0.3, -0.25) is 0 Å². The Kier molecular flexibility index (Phi) is 3.88. The van der Waals surface area contributed by atoms with Crippen LogP contribution in [0.2, 0.25) is 0 Å². The molecule has 0 bridgehead atoms. The third-order valence-electron chi connectivity index (χ3n) is 5.09. The predicted molar refractivity (Wildman–Crippen MR) is 110 cm³/mol. The summed E-state index contributed by atoms with van der Waals surface area (Å²) in [5.41, 5.74) is 13.5. The highest BCUT2D eigenvalue weighted by atomic mass is 32.2. The van der Waals surface area contributed by atoms with Crippen molar-refractivity contribution >= 4 is 29.2 Å². The largest absolute Gasteiger partial charge is 0.355 e. The second kappa shape index (κ2) is 6.38. The van der Waals surface area contributed by atoms with Gasteiger partial charge in [0, 0.05) is 34.3 Å². The van der Waals surface area contributed by atoms with Crippen molar-refractivity contribution in [1.29, 1.82) is 0 Å². The number of rotatable bonds is 3. The van der Waals surface area contributed by atoms with Crippen LogP contribution in [0.5, 0.6) is 0 Å². The van der Waals surface area contributed by atoms with Crippen LogP contribution in [0.4, 0.5) is 11.4 Å². The first-order valence-electron chi connectivity index (χ1n) is 9.11. The smallest absolute Gasteiger partial charge is 0.0553 e. The Hall–Kier alpha value is -2.43. The fourth-order valence-corrected chi connectivity index (χ4v) is 4.97. The molecule has 1 aliphatic carbocycles. The number of nitrogens with zero attached hydrogens (tertiary/aromatic N) is 1. The van der Waals surface area contributed by atoms with Crippen LogP contribution in [0, 0.1) is 0 Å². The lowest BCUT2D eigenvalue weighted by atomic mass is 10.0. The quantitative estimate of drug-likeness (QED) is 0.675. The number of H-pyrrole nitrogens is 1. The molecule has 0 spiro atoms. The molecular weight excluding hydrogens is 338 g/mol. The standard InChI is InChI=1S/C22H21N3S/c23-11-12-25-19-7-3-4-8-21(19)26-22-14-16(9-10-20(22)25)18-13-15-5-1-2-6-17(15)24-18/h2-4,6-10,13-14,24H,1,5,11-12,23H2. The fourth-order valence-electron chi connectivity index (χ4n) is 3.84. The van der Waals surface area contributed by atoms with E-state index in [1.165, 1.54) is 43.7 Å². The van der Waals surface area contributed by atoms with E-state index in [0.29, 0.717) is 6.54 Å². The summed E-state index contributed by atoms with van der Waals surface area (Å²) in [7, 11) is 0. The van der Waals surface area contributed by atoms with Crippen molar-refractivity contribution in [2.45, 2.75) is 22.6 Å². The van der Waals surface area contributed by atoms with Crippen LogP contribution in [0.25, 0.3) is 17.3 Å². The summed E-state index contributed by atoms with van der Waals surface area (Å²) in [6, 6.07) is 17.6. The zero-order valence-electron chi connectivity index (χ0n) is 14.5. The first-order valence-corrected chi connectivity index (χ1v) is 9.92. The Bertz CT molecular complexity index is 1000. The third-order valence-corrected chi connectivity index (χ3v) is 6.20. The second-order valence-electron chi connectivity index (χ2n) is 6.76. The lowest BCUT2D eigenvalue weighted by Crippen LogP contribution is -2.27. The number of aromatic amines is 1. The van der Waals surface area contributed by atoms with Crippen LogP contribution in [0.3, 0.4) is 0 Å². The number of hydrogen-bond donors (Lipinski definition) is 2. The van der Waals surface area contributed by atoms with E-state index in [1.54, 1.807) is 0 Å². The normalized spacial score (nSPS) is 14.7. The molecule has 0 atom stereocenters. The lowest BCUT2D eigenvalue weighted by molar-refractivity contribution is 0.899. The molecule has 3 N–H and O–H groups in total. The molecule has 2 aromatic carbocycles. The van der Waals surface area contributed by atoms with Gasteiger partial charge in [-0.2, -0.15) is 0 Å². The number of hydrogen-bond acceptors (Lipinski definition) is 3. The Labute approximate surface area is 157 Å². The van der Waals surface area contributed by atoms with Gasteiger partial charge in [-0.15, -0.1) is 0 Å². The molecule has 2 aliphatic rings. The number of para-hydroxylation sites is 1. The number of aryl methyl sites for hydroxylation is 1. The Balaban J connectivity index is 1.57. The number of fused-ring (bicyclic) bond motifs is 3.